The zero-order valence-corrected chi connectivity index (χ0v) is 15.1. The van der Waals surface area contributed by atoms with Crippen molar-refractivity contribution in [1.29, 1.82) is 0 Å². The zero-order chi connectivity index (χ0) is 17.9. The molecule has 0 fully saturated rings. The second-order valence-electron chi connectivity index (χ2n) is 7.24. The van der Waals surface area contributed by atoms with E-state index in [1.54, 1.807) is 7.05 Å². The number of hydrogen-bond donors (Lipinski definition) is 0. The molecular formula is C21H25NO2. The van der Waals surface area contributed by atoms with Crippen molar-refractivity contribution >= 4 is 11.8 Å². The minimum Gasteiger partial charge on any atom is -0.281 e. The number of rotatable bonds is 3. The Morgan fingerprint density at radius 1 is 1.00 bits per heavy atom. The van der Waals surface area contributed by atoms with Gasteiger partial charge in [-0.05, 0) is 30.5 Å². The fourth-order valence-electron chi connectivity index (χ4n) is 2.67. The van der Waals surface area contributed by atoms with E-state index in [0.29, 0.717) is 12.0 Å². The van der Waals surface area contributed by atoms with Crippen molar-refractivity contribution in [3.63, 3.8) is 0 Å². The molecule has 0 saturated heterocycles. The monoisotopic (exact) mass is 323 g/mol. The van der Waals surface area contributed by atoms with E-state index in [2.05, 4.69) is 0 Å². The first-order valence-electron chi connectivity index (χ1n) is 8.16. The average Bonchev–Trinajstić information content (AvgIpc) is 2.53. The van der Waals surface area contributed by atoms with Crippen LogP contribution in [0.25, 0.3) is 0 Å². The molecule has 0 aliphatic carbocycles. The van der Waals surface area contributed by atoms with Crippen molar-refractivity contribution in [2.45, 2.75) is 34.1 Å². The third-order valence-electron chi connectivity index (χ3n) is 3.98. The smallest absolute Gasteiger partial charge is 0.260 e. The van der Waals surface area contributed by atoms with Gasteiger partial charge in [-0.15, -0.1) is 0 Å². The normalized spacial score (nSPS) is 11.2. The van der Waals surface area contributed by atoms with Gasteiger partial charge >= 0.3 is 0 Å². The molecule has 2 amide bonds. The number of carbonyl (C=O) groups is 2. The molecule has 0 atom stereocenters. The van der Waals surface area contributed by atoms with Crippen LogP contribution in [0.1, 0.15) is 47.8 Å². The van der Waals surface area contributed by atoms with Crippen molar-refractivity contribution in [1.82, 2.24) is 4.90 Å². The van der Waals surface area contributed by atoms with E-state index in [9.17, 15) is 9.59 Å². The Bertz CT molecular complexity index is 742. The molecule has 24 heavy (non-hydrogen) atoms. The molecule has 0 heterocycles. The molecule has 2 aromatic carbocycles. The Kier molecular flexibility index (Phi) is 5.23. The number of imide groups is 1. The third kappa shape index (κ3) is 4.10. The second-order valence-corrected chi connectivity index (χ2v) is 7.24. The van der Waals surface area contributed by atoms with Gasteiger partial charge in [-0.3, -0.25) is 14.5 Å². The molecule has 0 unspecified atom stereocenters. The van der Waals surface area contributed by atoms with Crippen molar-refractivity contribution in [2.75, 3.05) is 7.05 Å². The van der Waals surface area contributed by atoms with Crippen molar-refractivity contribution in [2.24, 2.45) is 5.41 Å². The molecule has 0 aliphatic rings. The van der Waals surface area contributed by atoms with Gasteiger partial charge in [0.05, 0.1) is 0 Å². The number of carbonyl (C=O) groups excluding carboxylic acids is 2. The zero-order valence-electron chi connectivity index (χ0n) is 15.1. The Morgan fingerprint density at radius 3 is 2.21 bits per heavy atom. The molecule has 0 aromatic heterocycles. The summed E-state index contributed by atoms with van der Waals surface area (Å²) in [5.74, 6) is -0.431. The predicted molar refractivity (Wildman–Crippen MR) is 97.0 cm³/mol. The average molecular weight is 323 g/mol. The summed E-state index contributed by atoms with van der Waals surface area (Å²) >= 11 is 0. The number of benzene rings is 2. The van der Waals surface area contributed by atoms with E-state index in [1.807, 2.05) is 76.2 Å². The molecule has 0 radical (unpaired) electrons. The predicted octanol–water partition coefficient (Wildman–Crippen LogP) is 4.23. The van der Waals surface area contributed by atoms with Crippen molar-refractivity contribution in [3.05, 3.63) is 70.8 Å². The molecule has 3 nitrogen and oxygen atoms in total. The summed E-state index contributed by atoms with van der Waals surface area (Å²) in [6.45, 7) is 7.46. The van der Waals surface area contributed by atoms with Crippen LogP contribution in [0.5, 0.6) is 0 Å². The Morgan fingerprint density at radius 2 is 1.62 bits per heavy atom. The second kappa shape index (κ2) is 7.00. The lowest BCUT2D eigenvalue weighted by Gasteiger charge is -2.25. The maximum atomic E-state index is 12.9. The van der Waals surface area contributed by atoms with Gasteiger partial charge in [0.25, 0.3) is 5.91 Å². The summed E-state index contributed by atoms with van der Waals surface area (Å²) in [5, 5.41) is 0. The van der Waals surface area contributed by atoms with Gasteiger partial charge in [0, 0.05) is 18.0 Å². The van der Waals surface area contributed by atoms with Crippen LogP contribution in [0.15, 0.2) is 48.5 Å². The Hall–Kier alpha value is -2.42. The quantitative estimate of drug-likeness (QED) is 0.847. The van der Waals surface area contributed by atoms with Gasteiger partial charge in [-0.1, -0.05) is 68.8 Å². The largest absolute Gasteiger partial charge is 0.281 e. The first-order valence-corrected chi connectivity index (χ1v) is 8.16. The van der Waals surface area contributed by atoms with Crippen LogP contribution in [-0.4, -0.2) is 23.8 Å². The highest BCUT2D eigenvalue weighted by Crippen LogP contribution is 2.21. The van der Waals surface area contributed by atoms with Gasteiger partial charge in [0.2, 0.25) is 5.91 Å². The van der Waals surface area contributed by atoms with Crippen LogP contribution in [0.2, 0.25) is 0 Å². The lowest BCUT2D eigenvalue weighted by Crippen LogP contribution is -2.41. The molecule has 3 heteroatoms. The fraction of sp³-hybridized carbons (Fsp3) is 0.333. The molecule has 0 saturated carbocycles. The highest BCUT2D eigenvalue weighted by Gasteiger charge is 2.30. The van der Waals surface area contributed by atoms with Gasteiger partial charge < -0.3 is 0 Å². The lowest BCUT2D eigenvalue weighted by molar-refractivity contribution is -0.135. The fourth-order valence-corrected chi connectivity index (χ4v) is 2.67. The van der Waals surface area contributed by atoms with Gasteiger partial charge in [0.15, 0.2) is 0 Å². The summed E-state index contributed by atoms with van der Waals surface area (Å²) in [5.41, 5.74) is 3.18. The lowest BCUT2D eigenvalue weighted by atomic mass is 9.93. The van der Waals surface area contributed by atoms with Crippen LogP contribution in [0.3, 0.4) is 0 Å². The maximum Gasteiger partial charge on any atom is 0.260 e. The summed E-state index contributed by atoms with van der Waals surface area (Å²) in [6.07, 6.45) is 0.668. The number of hydrogen-bond acceptors (Lipinski definition) is 2. The van der Waals surface area contributed by atoms with Crippen LogP contribution in [0, 0.1) is 12.3 Å². The number of nitrogens with zero attached hydrogens (tertiary/aromatic N) is 1. The molecule has 0 bridgehead atoms. The summed E-state index contributed by atoms with van der Waals surface area (Å²) < 4.78 is 0. The van der Waals surface area contributed by atoms with E-state index in [0.717, 1.165) is 16.7 Å². The SMILES string of the molecule is Cc1ccc(C(=O)N(C)C(=O)C(C)(C)C)c(Cc2ccccc2)c1. The van der Waals surface area contributed by atoms with Crippen molar-refractivity contribution in [3.8, 4) is 0 Å². The minimum atomic E-state index is -0.589. The molecular weight excluding hydrogens is 298 g/mol. The van der Waals surface area contributed by atoms with E-state index >= 15 is 0 Å². The highest BCUT2D eigenvalue weighted by atomic mass is 16.2. The molecule has 126 valence electrons. The highest BCUT2D eigenvalue weighted by molar-refractivity contribution is 6.06. The number of aryl methyl sites for hydroxylation is 1. The topological polar surface area (TPSA) is 37.4 Å². The minimum absolute atomic E-state index is 0.182. The van der Waals surface area contributed by atoms with E-state index in [1.165, 1.54) is 4.90 Å². The van der Waals surface area contributed by atoms with Crippen LogP contribution >= 0.6 is 0 Å². The van der Waals surface area contributed by atoms with Crippen LogP contribution in [-0.2, 0) is 11.2 Å². The third-order valence-corrected chi connectivity index (χ3v) is 3.98. The molecule has 2 aromatic rings. The van der Waals surface area contributed by atoms with Crippen LogP contribution in [0.4, 0.5) is 0 Å². The van der Waals surface area contributed by atoms with E-state index < -0.39 is 5.41 Å². The maximum absolute atomic E-state index is 12.9. The van der Waals surface area contributed by atoms with E-state index in [-0.39, 0.29) is 11.8 Å². The van der Waals surface area contributed by atoms with Crippen LogP contribution < -0.4 is 0 Å². The first-order chi connectivity index (χ1) is 11.2. The summed E-state index contributed by atoms with van der Waals surface area (Å²) in [4.78, 5) is 26.5. The van der Waals surface area contributed by atoms with Gasteiger partial charge in [-0.2, -0.15) is 0 Å². The summed E-state index contributed by atoms with van der Waals surface area (Å²) in [6, 6.07) is 15.8. The molecule has 0 aliphatic heterocycles. The Balaban J connectivity index is 2.36. The van der Waals surface area contributed by atoms with E-state index in [4.69, 9.17) is 0 Å². The molecule has 0 spiro atoms. The molecule has 2 rings (SSSR count). The number of amides is 2. The van der Waals surface area contributed by atoms with Gasteiger partial charge in [-0.25, -0.2) is 0 Å². The Labute approximate surface area is 144 Å². The molecule has 0 N–H and O–H groups in total. The van der Waals surface area contributed by atoms with Gasteiger partial charge in [0.1, 0.15) is 0 Å². The summed E-state index contributed by atoms with van der Waals surface area (Å²) in [7, 11) is 1.56. The first kappa shape index (κ1) is 17.9. The standard InChI is InChI=1S/C21H25NO2/c1-15-11-12-18(19(23)22(5)20(24)21(2,3)4)17(13-15)14-16-9-7-6-8-10-16/h6-13H,14H2,1-5H3. The van der Waals surface area contributed by atoms with Crippen molar-refractivity contribution < 1.29 is 9.59 Å².